The molecule has 3 N–H and O–H groups in total. The van der Waals surface area contributed by atoms with Crippen LogP contribution in [0.4, 0.5) is 10.5 Å². The molecule has 2 amide bonds. The van der Waals surface area contributed by atoms with Crippen LogP contribution < -0.4 is 10.6 Å². The Kier molecular flexibility index (Phi) is 4.37. The minimum atomic E-state index is -0.733. The van der Waals surface area contributed by atoms with Gasteiger partial charge in [-0.1, -0.05) is 19.3 Å². The molecule has 1 heterocycles. The van der Waals surface area contributed by atoms with Gasteiger partial charge in [0.2, 0.25) is 0 Å². The highest BCUT2D eigenvalue weighted by atomic mass is 16.3. The maximum atomic E-state index is 11.8. The van der Waals surface area contributed by atoms with E-state index in [0.717, 1.165) is 36.9 Å². The first-order chi connectivity index (χ1) is 9.09. The lowest BCUT2D eigenvalue weighted by atomic mass is 9.85. The first-order valence-corrected chi connectivity index (χ1v) is 6.77. The maximum Gasteiger partial charge on any atom is 0.319 e. The van der Waals surface area contributed by atoms with Crippen LogP contribution in [0.15, 0.2) is 18.5 Å². The SMILES string of the molecule is Cc1cnccc1NC(=O)NCC1(O)CCCCC1. The number of aliphatic hydroxyl groups is 1. The van der Waals surface area contributed by atoms with Gasteiger partial charge in [0.25, 0.3) is 0 Å². The van der Waals surface area contributed by atoms with Crippen molar-refractivity contribution in [2.75, 3.05) is 11.9 Å². The summed E-state index contributed by atoms with van der Waals surface area (Å²) in [6.07, 6.45) is 8.10. The Labute approximate surface area is 113 Å². The lowest BCUT2D eigenvalue weighted by molar-refractivity contribution is 0.00755. The number of nitrogens with zero attached hydrogens (tertiary/aromatic N) is 1. The lowest BCUT2D eigenvalue weighted by Crippen LogP contribution is -2.45. The summed E-state index contributed by atoms with van der Waals surface area (Å²) in [6.45, 7) is 2.19. The fourth-order valence-electron chi connectivity index (χ4n) is 2.41. The molecule has 5 nitrogen and oxygen atoms in total. The molecule has 0 radical (unpaired) electrons. The number of pyridine rings is 1. The molecule has 5 heteroatoms. The van der Waals surface area contributed by atoms with Crippen LogP contribution in [0, 0.1) is 6.92 Å². The molecule has 1 aliphatic rings. The van der Waals surface area contributed by atoms with Crippen molar-refractivity contribution in [3.63, 3.8) is 0 Å². The zero-order valence-electron chi connectivity index (χ0n) is 11.3. The van der Waals surface area contributed by atoms with E-state index in [1.165, 1.54) is 6.42 Å². The lowest BCUT2D eigenvalue weighted by Gasteiger charge is -2.32. The summed E-state index contributed by atoms with van der Waals surface area (Å²) in [5, 5.41) is 15.8. The van der Waals surface area contributed by atoms with Gasteiger partial charge in [0.1, 0.15) is 0 Å². The summed E-state index contributed by atoms with van der Waals surface area (Å²) in [7, 11) is 0. The largest absolute Gasteiger partial charge is 0.388 e. The van der Waals surface area contributed by atoms with Gasteiger partial charge >= 0.3 is 6.03 Å². The molecule has 1 fully saturated rings. The number of hydrogen-bond acceptors (Lipinski definition) is 3. The molecule has 1 aliphatic carbocycles. The van der Waals surface area contributed by atoms with Crippen molar-refractivity contribution in [3.05, 3.63) is 24.0 Å². The highest BCUT2D eigenvalue weighted by Gasteiger charge is 2.29. The van der Waals surface area contributed by atoms with Crippen molar-refractivity contribution in [1.29, 1.82) is 0 Å². The van der Waals surface area contributed by atoms with Gasteiger partial charge in [0, 0.05) is 24.6 Å². The predicted molar refractivity (Wildman–Crippen MR) is 74.0 cm³/mol. The average molecular weight is 263 g/mol. The number of nitrogens with one attached hydrogen (secondary N) is 2. The van der Waals surface area contributed by atoms with Gasteiger partial charge in [0.05, 0.1) is 5.60 Å². The third kappa shape index (κ3) is 3.92. The van der Waals surface area contributed by atoms with E-state index in [-0.39, 0.29) is 6.03 Å². The Morgan fingerprint density at radius 1 is 1.42 bits per heavy atom. The smallest absolute Gasteiger partial charge is 0.319 e. The fourth-order valence-corrected chi connectivity index (χ4v) is 2.41. The summed E-state index contributed by atoms with van der Waals surface area (Å²) >= 11 is 0. The molecule has 0 aromatic carbocycles. The summed E-state index contributed by atoms with van der Waals surface area (Å²) in [4.78, 5) is 15.8. The van der Waals surface area contributed by atoms with Crippen molar-refractivity contribution in [2.24, 2.45) is 0 Å². The number of rotatable bonds is 3. The molecule has 19 heavy (non-hydrogen) atoms. The fraction of sp³-hybridized carbons (Fsp3) is 0.571. The summed E-state index contributed by atoms with van der Waals surface area (Å²) in [6, 6.07) is 1.47. The van der Waals surface area contributed by atoms with Gasteiger partial charge < -0.3 is 15.7 Å². The molecule has 1 aromatic heterocycles. The predicted octanol–water partition coefficient (Wildman–Crippen LogP) is 2.21. The van der Waals surface area contributed by atoms with Crippen LogP contribution in [0.5, 0.6) is 0 Å². The van der Waals surface area contributed by atoms with Crippen LogP contribution >= 0.6 is 0 Å². The van der Waals surface area contributed by atoms with Gasteiger partial charge in [-0.15, -0.1) is 0 Å². The van der Waals surface area contributed by atoms with Crippen LogP contribution in [-0.2, 0) is 0 Å². The molecule has 2 rings (SSSR count). The number of urea groups is 1. The van der Waals surface area contributed by atoms with Crippen LogP contribution in [0.3, 0.4) is 0 Å². The van der Waals surface area contributed by atoms with Crippen LogP contribution in [-0.4, -0.2) is 28.3 Å². The van der Waals surface area contributed by atoms with E-state index < -0.39 is 5.60 Å². The number of hydrogen-bond donors (Lipinski definition) is 3. The first kappa shape index (κ1) is 13.8. The average Bonchev–Trinajstić information content (AvgIpc) is 2.40. The minimum absolute atomic E-state index is 0.284. The van der Waals surface area contributed by atoms with E-state index in [2.05, 4.69) is 15.6 Å². The second kappa shape index (κ2) is 6.02. The van der Waals surface area contributed by atoms with E-state index in [9.17, 15) is 9.90 Å². The molecule has 0 aliphatic heterocycles. The van der Waals surface area contributed by atoms with Crippen LogP contribution in [0.25, 0.3) is 0 Å². The zero-order chi connectivity index (χ0) is 13.7. The maximum absolute atomic E-state index is 11.8. The zero-order valence-corrected chi connectivity index (χ0v) is 11.3. The molecular weight excluding hydrogens is 242 g/mol. The Balaban J connectivity index is 1.83. The third-order valence-electron chi connectivity index (χ3n) is 3.63. The van der Waals surface area contributed by atoms with E-state index in [0.29, 0.717) is 6.54 Å². The van der Waals surface area contributed by atoms with Crippen LogP contribution in [0.1, 0.15) is 37.7 Å². The standard InChI is InChI=1S/C14H21N3O2/c1-11-9-15-8-5-12(11)17-13(18)16-10-14(19)6-3-2-4-7-14/h5,8-9,19H,2-4,6-7,10H2,1H3,(H2,15,16,17,18). The molecular formula is C14H21N3O2. The summed E-state index contributed by atoms with van der Waals surface area (Å²) < 4.78 is 0. The highest BCUT2D eigenvalue weighted by Crippen LogP contribution is 2.27. The van der Waals surface area contributed by atoms with Crippen molar-refractivity contribution >= 4 is 11.7 Å². The number of aryl methyl sites for hydroxylation is 1. The monoisotopic (exact) mass is 263 g/mol. The quantitative estimate of drug-likeness (QED) is 0.782. The third-order valence-corrected chi connectivity index (χ3v) is 3.63. The number of anilines is 1. The Hall–Kier alpha value is -1.62. The molecule has 0 saturated heterocycles. The van der Waals surface area contributed by atoms with Crippen molar-refractivity contribution in [1.82, 2.24) is 10.3 Å². The van der Waals surface area contributed by atoms with E-state index in [1.807, 2.05) is 6.92 Å². The molecule has 1 saturated carbocycles. The van der Waals surface area contributed by atoms with Gasteiger partial charge in [-0.25, -0.2) is 4.79 Å². The summed E-state index contributed by atoms with van der Waals surface area (Å²) in [5.74, 6) is 0. The van der Waals surface area contributed by atoms with Gasteiger partial charge in [0.15, 0.2) is 0 Å². The number of carbonyl (C=O) groups is 1. The second-order valence-corrected chi connectivity index (χ2v) is 5.28. The molecule has 0 bridgehead atoms. The normalized spacial score (nSPS) is 17.8. The van der Waals surface area contributed by atoms with E-state index in [1.54, 1.807) is 18.5 Å². The second-order valence-electron chi connectivity index (χ2n) is 5.28. The number of aromatic nitrogens is 1. The van der Waals surface area contributed by atoms with Crippen LogP contribution in [0.2, 0.25) is 0 Å². The Morgan fingerprint density at radius 3 is 2.84 bits per heavy atom. The van der Waals surface area contributed by atoms with Gasteiger partial charge in [-0.05, 0) is 31.4 Å². The van der Waals surface area contributed by atoms with Gasteiger partial charge in [-0.2, -0.15) is 0 Å². The first-order valence-electron chi connectivity index (χ1n) is 6.77. The number of amides is 2. The van der Waals surface area contributed by atoms with E-state index in [4.69, 9.17) is 0 Å². The minimum Gasteiger partial charge on any atom is -0.388 e. The van der Waals surface area contributed by atoms with Gasteiger partial charge in [-0.3, -0.25) is 4.98 Å². The highest BCUT2D eigenvalue weighted by molar-refractivity contribution is 5.89. The molecule has 104 valence electrons. The molecule has 1 aromatic rings. The Bertz CT molecular complexity index is 442. The molecule has 0 atom stereocenters. The Morgan fingerprint density at radius 2 is 2.16 bits per heavy atom. The van der Waals surface area contributed by atoms with Crippen molar-refractivity contribution in [3.8, 4) is 0 Å². The topological polar surface area (TPSA) is 74.2 Å². The van der Waals surface area contributed by atoms with Crippen molar-refractivity contribution < 1.29 is 9.90 Å². The number of carbonyl (C=O) groups excluding carboxylic acids is 1. The van der Waals surface area contributed by atoms with E-state index >= 15 is 0 Å². The summed E-state index contributed by atoms with van der Waals surface area (Å²) in [5.41, 5.74) is 0.917. The molecule has 0 unspecified atom stereocenters. The van der Waals surface area contributed by atoms with Crippen molar-refractivity contribution in [2.45, 2.75) is 44.6 Å². The molecule has 0 spiro atoms.